The van der Waals surface area contributed by atoms with Crippen molar-refractivity contribution in [3.05, 3.63) is 96.6 Å². The highest BCUT2D eigenvalue weighted by Crippen LogP contribution is 2.47. The van der Waals surface area contributed by atoms with Gasteiger partial charge in [0.2, 0.25) is 5.78 Å². The van der Waals surface area contributed by atoms with E-state index in [0.29, 0.717) is 25.1 Å². The number of ketones is 1. The van der Waals surface area contributed by atoms with Crippen molar-refractivity contribution in [2.75, 3.05) is 6.54 Å². The van der Waals surface area contributed by atoms with Crippen LogP contribution in [0.3, 0.4) is 0 Å². The highest BCUT2D eigenvalue weighted by Gasteiger charge is 2.49. The molecule has 2 heterocycles. The molecule has 1 saturated heterocycles. The lowest BCUT2D eigenvalue weighted by Crippen LogP contribution is -2.31. The highest BCUT2D eigenvalue weighted by atomic mass is 16.3. The van der Waals surface area contributed by atoms with Crippen LogP contribution >= 0.6 is 0 Å². The number of carbonyl (C=O) groups is 2. The second-order valence-corrected chi connectivity index (χ2v) is 8.07. The number of benzene rings is 3. The molecule has 0 aliphatic carbocycles. The van der Waals surface area contributed by atoms with Crippen LogP contribution in [0, 0.1) is 0 Å². The summed E-state index contributed by atoms with van der Waals surface area (Å²) < 4.78 is 1.95. The van der Waals surface area contributed by atoms with Gasteiger partial charge in [0.05, 0.1) is 18.3 Å². The number of rotatable bonds is 6. The molecule has 0 bridgehead atoms. The van der Waals surface area contributed by atoms with Gasteiger partial charge in [-0.25, -0.2) is 4.98 Å². The number of Topliss-reactive ketones (excluding diaryl/α,β-unsaturated/α-hetero) is 1. The van der Waals surface area contributed by atoms with E-state index < -0.39 is 23.7 Å². The average Bonchev–Trinajstić information content (AvgIpc) is 3.42. The van der Waals surface area contributed by atoms with Crippen LogP contribution in [0.15, 0.2) is 85.5 Å². The van der Waals surface area contributed by atoms with Crippen LogP contribution in [-0.2, 0) is 16.1 Å². The van der Waals surface area contributed by atoms with E-state index in [0.717, 1.165) is 16.3 Å². The summed E-state index contributed by atoms with van der Waals surface area (Å²) in [4.78, 5) is 32.1. The minimum Gasteiger partial charge on any atom is -0.508 e. The van der Waals surface area contributed by atoms with Gasteiger partial charge in [0.1, 0.15) is 5.75 Å². The normalized spacial score (nSPS) is 18.6. The molecule has 2 atom stereocenters. The lowest BCUT2D eigenvalue weighted by molar-refractivity contribution is -0.140. The first-order valence-corrected chi connectivity index (χ1v) is 10.7. The maximum absolute atomic E-state index is 13.3. The maximum Gasteiger partial charge on any atom is 0.291 e. The Morgan fingerprint density at radius 2 is 1.69 bits per heavy atom. The molecule has 2 unspecified atom stereocenters. The number of imidazole rings is 1. The lowest BCUT2D eigenvalue weighted by atomic mass is 9.84. The largest absolute Gasteiger partial charge is 0.508 e. The minimum absolute atomic E-state index is 0.0942. The highest BCUT2D eigenvalue weighted by molar-refractivity contribution is 6.40. The van der Waals surface area contributed by atoms with Crippen LogP contribution in [0.5, 0.6) is 5.75 Å². The molecular formula is C26H23N3O3. The summed E-state index contributed by atoms with van der Waals surface area (Å²) in [5.74, 6) is -1.51. The molecule has 1 aliphatic rings. The number of aromatic nitrogens is 2. The van der Waals surface area contributed by atoms with Gasteiger partial charge in [-0.05, 0) is 28.8 Å². The molecule has 4 aromatic rings. The van der Waals surface area contributed by atoms with Crippen LogP contribution in [0.1, 0.15) is 29.5 Å². The van der Waals surface area contributed by atoms with Gasteiger partial charge >= 0.3 is 0 Å². The Hall–Kier alpha value is -3.93. The van der Waals surface area contributed by atoms with E-state index in [1.165, 1.54) is 0 Å². The topological polar surface area (TPSA) is 75.4 Å². The predicted octanol–water partition coefficient (Wildman–Crippen LogP) is 4.07. The average molecular weight is 425 g/mol. The zero-order valence-electron chi connectivity index (χ0n) is 17.5. The first kappa shape index (κ1) is 20.0. The van der Waals surface area contributed by atoms with Gasteiger partial charge in [0.15, 0.2) is 0 Å². The number of aromatic hydroxyl groups is 1. The summed E-state index contributed by atoms with van der Waals surface area (Å²) in [7, 11) is 0. The summed E-state index contributed by atoms with van der Waals surface area (Å²) >= 11 is 0. The summed E-state index contributed by atoms with van der Waals surface area (Å²) in [5.41, 5.74) is 1.40. The zero-order valence-corrected chi connectivity index (χ0v) is 17.5. The first-order valence-electron chi connectivity index (χ1n) is 10.7. The first-order chi connectivity index (χ1) is 15.6. The Kier molecular flexibility index (Phi) is 5.19. The number of hydrogen-bond donors (Lipinski definition) is 1. The molecule has 1 N–H and O–H groups in total. The van der Waals surface area contributed by atoms with Crippen LogP contribution < -0.4 is 0 Å². The van der Waals surface area contributed by atoms with E-state index in [1.807, 2.05) is 71.4 Å². The van der Waals surface area contributed by atoms with Crippen molar-refractivity contribution in [3.63, 3.8) is 0 Å². The Morgan fingerprint density at radius 3 is 2.47 bits per heavy atom. The van der Waals surface area contributed by atoms with E-state index in [2.05, 4.69) is 4.98 Å². The van der Waals surface area contributed by atoms with Crippen LogP contribution in [-0.4, -0.2) is 37.8 Å². The predicted molar refractivity (Wildman–Crippen MR) is 121 cm³/mol. The summed E-state index contributed by atoms with van der Waals surface area (Å²) in [6, 6.07) is 20.1. The fraction of sp³-hybridized carbons (Fsp3) is 0.192. The van der Waals surface area contributed by atoms with Gasteiger partial charge in [-0.2, -0.15) is 0 Å². The van der Waals surface area contributed by atoms with Gasteiger partial charge < -0.3 is 14.6 Å². The third-order valence-electron chi connectivity index (χ3n) is 6.18. The molecule has 5 rings (SSSR count). The van der Waals surface area contributed by atoms with Crippen molar-refractivity contribution in [3.8, 4) is 5.75 Å². The smallest absolute Gasteiger partial charge is 0.291 e. The molecule has 1 amide bonds. The van der Waals surface area contributed by atoms with Crippen LogP contribution in [0.25, 0.3) is 10.8 Å². The molecule has 1 aliphatic heterocycles. The Morgan fingerprint density at radius 1 is 0.906 bits per heavy atom. The van der Waals surface area contributed by atoms with Crippen molar-refractivity contribution in [2.24, 2.45) is 0 Å². The second-order valence-electron chi connectivity index (χ2n) is 8.07. The number of aryl methyl sites for hydroxylation is 1. The minimum atomic E-state index is -0.673. The van der Waals surface area contributed by atoms with Gasteiger partial charge in [-0.3, -0.25) is 9.59 Å². The molecule has 1 fully saturated rings. The maximum atomic E-state index is 13.3. The van der Waals surface area contributed by atoms with E-state index in [9.17, 15) is 14.7 Å². The molecular weight excluding hydrogens is 402 g/mol. The van der Waals surface area contributed by atoms with E-state index in [4.69, 9.17) is 0 Å². The Bertz CT molecular complexity index is 1270. The van der Waals surface area contributed by atoms with Gasteiger partial charge in [0, 0.05) is 31.0 Å². The molecule has 6 heteroatoms. The zero-order chi connectivity index (χ0) is 22.1. The molecule has 32 heavy (non-hydrogen) atoms. The quantitative estimate of drug-likeness (QED) is 0.473. The third kappa shape index (κ3) is 3.43. The number of nitrogens with zero attached hydrogens (tertiary/aromatic N) is 3. The lowest BCUT2D eigenvalue weighted by Gasteiger charge is -2.29. The summed E-state index contributed by atoms with van der Waals surface area (Å²) in [6.07, 6.45) is 5.99. The van der Waals surface area contributed by atoms with Gasteiger partial charge in [-0.15, -0.1) is 0 Å². The molecule has 1 aromatic heterocycles. The standard InChI is InChI=1S/C26H23N3O3/c30-21-12-11-18-7-4-5-10-20(18)23(21)24-22(19-8-2-1-3-9-19)25(31)26(32)29(24)15-6-14-28-16-13-27-17-28/h1-5,7-13,16-17,22,24,30H,6,14-15H2. The Balaban J connectivity index is 1.60. The fourth-order valence-corrected chi connectivity index (χ4v) is 4.72. The number of phenolic OH excluding ortho intramolecular Hbond substituents is 1. The Labute approximate surface area is 185 Å². The molecule has 3 aromatic carbocycles. The SMILES string of the molecule is O=C1C(=O)N(CCCn2ccnc2)C(c2c(O)ccc3ccccc23)C1c1ccccc1. The summed E-state index contributed by atoms with van der Waals surface area (Å²) in [6.45, 7) is 1.08. The number of hydrogen-bond acceptors (Lipinski definition) is 4. The second kappa shape index (κ2) is 8.30. The van der Waals surface area contributed by atoms with Crippen molar-refractivity contribution >= 4 is 22.5 Å². The van der Waals surface area contributed by atoms with E-state index >= 15 is 0 Å². The van der Waals surface area contributed by atoms with Crippen LogP contribution in [0.2, 0.25) is 0 Å². The van der Waals surface area contributed by atoms with Gasteiger partial charge in [0.25, 0.3) is 5.91 Å². The van der Waals surface area contributed by atoms with Gasteiger partial charge in [-0.1, -0.05) is 60.7 Å². The molecule has 0 radical (unpaired) electrons. The third-order valence-corrected chi connectivity index (χ3v) is 6.18. The number of phenols is 1. The molecule has 0 saturated carbocycles. The van der Waals surface area contributed by atoms with Crippen molar-refractivity contribution < 1.29 is 14.7 Å². The van der Waals surface area contributed by atoms with Crippen molar-refractivity contribution in [1.82, 2.24) is 14.5 Å². The van der Waals surface area contributed by atoms with Crippen molar-refractivity contribution in [2.45, 2.75) is 24.9 Å². The molecule has 0 spiro atoms. The number of likely N-dealkylation sites (tertiary alicyclic amines) is 1. The number of fused-ring (bicyclic) bond motifs is 1. The van der Waals surface area contributed by atoms with E-state index in [-0.39, 0.29) is 5.75 Å². The molecule has 6 nitrogen and oxygen atoms in total. The monoisotopic (exact) mass is 425 g/mol. The van der Waals surface area contributed by atoms with Crippen LogP contribution in [0.4, 0.5) is 0 Å². The summed E-state index contributed by atoms with van der Waals surface area (Å²) in [5, 5.41) is 12.7. The number of carbonyl (C=O) groups excluding carboxylic acids is 2. The van der Waals surface area contributed by atoms with Crippen molar-refractivity contribution in [1.29, 1.82) is 0 Å². The number of amides is 1. The molecule has 160 valence electrons. The fourth-order valence-electron chi connectivity index (χ4n) is 4.72. The van der Waals surface area contributed by atoms with E-state index in [1.54, 1.807) is 23.5 Å².